The number of anilines is 1. The molecular weight excluding hydrogens is 655 g/mol. The second-order valence-electron chi connectivity index (χ2n) is 14.9. The number of fused-ring (bicyclic) bond motifs is 3. The molecule has 0 N–H and O–H groups in total. The van der Waals surface area contributed by atoms with Gasteiger partial charge in [0, 0.05) is 41.2 Å². The molecule has 0 fully saturated rings. The number of nitrogens with zero attached hydrogens (tertiary/aromatic N) is 3. The highest BCUT2D eigenvalue weighted by atomic mass is 15.2. The molecule has 1 aliphatic heterocycles. The highest BCUT2D eigenvalue weighted by Crippen LogP contribution is 2.49. The average Bonchev–Trinajstić information content (AvgIpc) is 3.49. The van der Waals surface area contributed by atoms with Crippen molar-refractivity contribution in [2.75, 3.05) is 11.4 Å². The lowest BCUT2D eigenvalue weighted by molar-refractivity contribution is 0.515. The smallest absolute Gasteiger partial charge is 0.155 e. The molecule has 0 saturated carbocycles. The third kappa shape index (κ3) is 8.63. The maximum atomic E-state index is 5.03. The molecule has 3 aromatic rings. The Bertz CT molecular complexity index is 2190. The van der Waals surface area contributed by atoms with E-state index in [9.17, 15) is 0 Å². The van der Waals surface area contributed by atoms with Crippen molar-refractivity contribution in [3.8, 4) is 22.3 Å². The summed E-state index contributed by atoms with van der Waals surface area (Å²) in [5.41, 5.74) is 15.3. The van der Waals surface area contributed by atoms with Crippen molar-refractivity contribution >= 4 is 17.2 Å². The lowest BCUT2D eigenvalue weighted by atomic mass is 9.86. The molecule has 3 heteroatoms. The highest BCUT2D eigenvalue weighted by molar-refractivity contribution is 6.12. The number of benzene rings is 3. The van der Waals surface area contributed by atoms with Crippen LogP contribution < -0.4 is 4.90 Å². The topological polar surface area (TPSA) is 28.0 Å². The Balaban J connectivity index is 1.28. The summed E-state index contributed by atoms with van der Waals surface area (Å²) in [6, 6.07) is 22.5. The lowest BCUT2D eigenvalue weighted by Crippen LogP contribution is -2.20. The summed E-state index contributed by atoms with van der Waals surface area (Å²) >= 11 is 0. The first-order chi connectivity index (χ1) is 26.2. The molecule has 3 atom stereocenters. The largest absolute Gasteiger partial charge is 0.340 e. The zero-order valence-electron chi connectivity index (χ0n) is 33.0. The second-order valence-corrected chi connectivity index (χ2v) is 14.9. The summed E-state index contributed by atoms with van der Waals surface area (Å²) in [4.78, 5) is 12.5. The van der Waals surface area contributed by atoms with Crippen LogP contribution in [-0.4, -0.2) is 18.1 Å². The van der Waals surface area contributed by atoms with Crippen molar-refractivity contribution in [3.63, 3.8) is 0 Å². The molecule has 3 nitrogen and oxygen atoms in total. The standard InChI is InChI=1S/C51H55N3/c1-9-10-11-19-36(3)40(7)52-51(53-41(8)42-29-27-35(2)28-30-42)39(6)21-16-17-33-54-48-26-15-14-24-46(48)47-34-43(31-32-49(47)54)45-25-18-22-38(5)50(45)44-23-13-12-20-37(44)4/h9-23,25-27,29,31-32,34-35,42,46H,3,8,24,28,30,33H2,1-2,4-7H3/b10-9-,17-16-,19-11-,39-21+,52-40?,53-51?. The molecular formula is C51H55N3. The van der Waals surface area contributed by atoms with E-state index in [-0.39, 0.29) is 5.92 Å². The van der Waals surface area contributed by atoms with E-state index in [1.165, 1.54) is 50.3 Å². The van der Waals surface area contributed by atoms with Gasteiger partial charge in [-0.2, -0.15) is 0 Å². The van der Waals surface area contributed by atoms with Gasteiger partial charge in [0.2, 0.25) is 0 Å². The van der Waals surface area contributed by atoms with Crippen LogP contribution in [0, 0.1) is 25.7 Å². The van der Waals surface area contributed by atoms with Gasteiger partial charge >= 0.3 is 0 Å². The molecule has 54 heavy (non-hydrogen) atoms. The van der Waals surface area contributed by atoms with E-state index < -0.39 is 0 Å². The van der Waals surface area contributed by atoms with Crippen molar-refractivity contribution in [3.05, 3.63) is 186 Å². The normalized spacial score (nSPS) is 20.3. The fraction of sp³-hybridized carbons (Fsp3) is 0.255. The van der Waals surface area contributed by atoms with Crippen molar-refractivity contribution in [2.45, 2.75) is 66.7 Å². The van der Waals surface area contributed by atoms with E-state index >= 15 is 0 Å². The number of aliphatic imine (C=N–C) groups is 2. The van der Waals surface area contributed by atoms with Gasteiger partial charge in [0.05, 0.1) is 0 Å². The zero-order valence-corrected chi connectivity index (χ0v) is 33.0. The first-order valence-electron chi connectivity index (χ1n) is 19.4. The average molecular weight is 710 g/mol. The van der Waals surface area contributed by atoms with Crippen molar-refractivity contribution in [2.24, 2.45) is 21.8 Å². The summed E-state index contributed by atoms with van der Waals surface area (Å²) in [6.45, 7) is 22.2. The van der Waals surface area contributed by atoms with Gasteiger partial charge < -0.3 is 4.90 Å². The summed E-state index contributed by atoms with van der Waals surface area (Å²) in [7, 11) is 0. The van der Waals surface area contributed by atoms with Crippen LogP contribution in [0.3, 0.4) is 0 Å². The van der Waals surface area contributed by atoms with Crippen LogP contribution >= 0.6 is 0 Å². The Labute approximate surface area is 324 Å². The number of hydrogen-bond donors (Lipinski definition) is 0. The van der Waals surface area contributed by atoms with Crippen LogP contribution in [0.25, 0.3) is 22.3 Å². The summed E-state index contributed by atoms with van der Waals surface area (Å²) in [5, 5.41) is 0. The molecule has 3 aromatic carbocycles. The number of allylic oxidation sites excluding steroid dienone is 13. The molecule has 0 amide bonds. The first-order valence-corrected chi connectivity index (χ1v) is 19.4. The second kappa shape index (κ2) is 17.5. The van der Waals surface area contributed by atoms with Crippen LogP contribution in [0.4, 0.5) is 5.69 Å². The molecule has 6 rings (SSSR count). The van der Waals surface area contributed by atoms with E-state index in [1.807, 2.05) is 38.2 Å². The maximum Gasteiger partial charge on any atom is 0.155 e. The van der Waals surface area contributed by atoms with Gasteiger partial charge in [-0.05, 0) is 128 Å². The van der Waals surface area contributed by atoms with E-state index in [0.29, 0.717) is 17.7 Å². The Morgan fingerprint density at radius 3 is 2.46 bits per heavy atom. The summed E-state index contributed by atoms with van der Waals surface area (Å²) in [6.07, 6.45) is 29.0. The van der Waals surface area contributed by atoms with E-state index in [2.05, 4.69) is 155 Å². The third-order valence-electron chi connectivity index (χ3n) is 10.9. The highest BCUT2D eigenvalue weighted by Gasteiger charge is 2.33. The van der Waals surface area contributed by atoms with Crippen LogP contribution in [0.2, 0.25) is 0 Å². The molecule has 274 valence electrons. The van der Waals surface area contributed by atoms with Crippen LogP contribution in [0.15, 0.2) is 179 Å². The number of hydrogen-bond acceptors (Lipinski definition) is 2. The van der Waals surface area contributed by atoms with E-state index in [4.69, 9.17) is 9.98 Å². The third-order valence-corrected chi connectivity index (χ3v) is 10.9. The van der Waals surface area contributed by atoms with Gasteiger partial charge in [-0.25, -0.2) is 9.98 Å². The van der Waals surface area contributed by atoms with E-state index in [1.54, 1.807) is 0 Å². The van der Waals surface area contributed by atoms with Crippen LogP contribution in [0.5, 0.6) is 0 Å². The first kappa shape index (κ1) is 38.2. The SMILES string of the molecule is C=C(/C=C\C=C/C)C(C)=NC(=NC(=C)C1C=CC(C)CC1)/C(C)=C/C=C\CN1C2=CC=CCC2c2cc(-c3cccc(C)c3-c3ccccc3C)ccc21. The molecule has 0 spiro atoms. The number of amidine groups is 1. The van der Waals surface area contributed by atoms with Gasteiger partial charge in [0.25, 0.3) is 0 Å². The molecule has 0 saturated heterocycles. The fourth-order valence-electron chi connectivity index (χ4n) is 7.64. The van der Waals surface area contributed by atoms with Crippen molar-refractivity contribution < 1.29 is 0 Å². The minimum Gasteiger partial charge on any atom is -0.340 e. The minimum atomic E-state index is 0.231. The Morgan fingerprint density at radius 1 is 0.889 bits per heavy atom. The predicted octanol–water partition coefficient (Wildman–Crippen LogP) is 13.6. The lowest BCUT2D eigenvalue weighted by Gasteiger charge is -2.22. The quantitative estimate of drug-likeness (QED) is 0.0843. The number of rotatable bonds is 11. The molecule has 3 aliphatic rings. The van der Waals surface area contributed by atoms with Gasteiger partial charge in [-0.3, -0.25) is 0 Å². The van der Waals surface area contributed by atoms with Gasteiger partial charge in [-0.15, -0.1) is 0 Å². The van der Waals surface area contributed by atoms with Gasteiger partial charge in [0.1, 0.15) is 0 Å². The summed E-state index contributed by atoms with van der Waals surface area (Å²) < 4.78 is 0. The Hall–Kier alpha value is -5.54. The fourth-order valence-corrected chi connectivity index (χ4v) is 7.64. The van der Waals surface area contributed by atoms with E-state index in [0.717, 1.165) is 48.4 Å². The maximum absolute atomic E-state index is 5.03. The monoisotopic (exact) mass is 709 g/mol. The Kier molecular flexibility index (Phi) is 12.4. The number of aryl methyl sites for hydroxylation is 2. The van der Waals surface area contributed by atoms with Crippen LogP contribution in [0.1, 0.15) is 69.6 Å². The minimum absolute atomic E-state index is 0.231. The predicted molar refractivity (Wildman–Crippen MR) is 235 cm³/mol. The summed E-state index contributed by atoms with van der Waals surface area (Å²) in [5.74, 6) is 1.85. The Morgan fingerprint density at radius 2 is 1.69 bits per heavy atom. The van der Waals surface area contributed by atoms with Crippen LogP contribution in [-0.2, 0) is 0 Å². The zero-order chi connectivity index (χ0) is 38.2. The molecule has 0 bridgehead atoms. The molecule has 2 aliphatic carbocycles. The molecule has 3 unspecified atom stereocenters. The molecule has 1 heterocycles. The van der Waals surface area contributed by atoms with Crippen molar-refractivity contribution in [1.29, 1.82) is 0 Å². The molecule has 0 aromatic heterocycles. The molecule has 0 radical (unpaired) electrons. The van der Waals surface area contributed by atoms with Crippen molar-refractivity contribution in [1.82, 2.24) is 0 Å². The van der Waals surface area contributed by atoms with Gasteiger partial charge in [0.15, 0.2) is 5.84 Å². The van der Waals surface area contributed by atoms with Gasteiger partial charge in [-0.1, -0.05) is 135 Å².